The van der Waals surface area contributed by atoms with E-state index in [9.17, 15) is 8.42 Å². The largest absolute Gasteiger partial charge is 0.269 e. The minimum atomic E-state index is -3.34. The lowest BCUT2D eigenvalue weighted by Crippen LogP contribution is -2.31. The molecule has 0 amide bonds. The number of hydrogen-bond acceptors (Lipinski definition) is 3. The van der Waals surface area contributed by atoms with E-state index in [1.54, 1.807) is 0 Å². The molecular weight excluding hydrogens is 224 g/mol. The Morgan fingerprint density at radius 2 is 2.12 bits per heavy atom. The van der Waals surface area contributed by atoms with Crippen LogP contribution in [0.25, 0.3) is 0 Å². The van der Waals surface area contributed by atoms with Crippen molar-refractivity contribution in [2.75, 3.05) is 12.9 Å². The molecule has 2 rings (SSSR count). The lowest BCUT2D eigenvalue weighted by atomic mass is 9.69. The Morgan fingerprint density at radius 3 is 2.56 bits per heavy atom. The van der Waals surface area contributed by atoms with Gasteiger partial charge in [-0.05, 0) is 30.6 Å². The molecule has 0 unspecified atom stereocenters. The van der Waals surface area contributed by atoms with Gasteiger partial charge in [-0.15, -0.1) is 0 Å². The highest BCUT2D eigenvalue weighted by molar-refractivity contribution is 7.85. The van der Waals surface area contributed by atoms with Crippen molar-refractivity contribution in [1.82, 2.24) is 0 Å². The Labute approximate surface area is 98.0 Å². The fourth-order valence-electron chi connectivity index (χ4n) is 3.38. The molecule has 2 atom stereocenters. The molecule has 3 nitrogen and oxygen atoms in total. The molecule has 0 N–H and O–H groups in total. The van der Waals surface area contributed by atoms with Crippen LogP contribution >= 0.6 is 0 Å². The first-order chi connectivity index (χ1) is 7.17. The van der Waals surface area contributed by atoms with E-state index in [0.717, 1.165) is 19.1 Å². The molecule has 0 aromatic carbocycles. The summed E-state index contributed by atoms with van der Waals surface area (Å²) < 4.78 is 27.2. The van der Waals surface area contributed by atoms with Crippen LogP contribution in [-0.2, 0) is 14.3 Å². The Balaban J connectivity index is 2.18. The lowest BCUT2D eigenvalue weighted by molar-refractivity contribution is 0.183. The van der Waals surface area contributed by atoms with Gasteiger partial charge in [0.05, 0.1) is 12.9 Å². The summed E-state index contributed by atoms with van der Waals surface area (Å²) in [6.45, 7) is 8.89. The highest BCUT2D eigenvalue weighted by atomic mass is 32.2. The topological polar surface area (TPSA) is 43.4 Å². The van der Waals surface area contributed by atoms with Crippen LogP contribution in [0.3, 0.4) is 0 Å². The van der Waals surface area contributed by atoms with Gasteiger partial charge < -0.3 is 0 Å². The summed E-state index contributed by atoms with van der Waals surface area (Å²) in [6.07, 6.45) is 4.34. The van der Waals surface area contributed by atoms with Crippen molar-refractivity contribution >= 4 is 10.1 Å². The molecule has 0 aromatic rings. The van der Waals surface area contributed by atoms with Crippen molar-refractivity contribution in [1.29, 1.82) is 0 Å². The zero-order valence-electron chi connectivity index (χ0n) is 10.2. The molecule has 0 radical (unpaired) electrons. The average Bonchev–Trinajstić information content (AvgIpc) is 2.64. The third-order valence-electron chi connectivity index (χ3n) is 4.60. The maximum Gasteiger partial charge on any atom is 0.264 e. The van der Waals surface area contributed by atoms with Crippen molar-refractivity contribution in [3.8, 4) is 0 Å². The van der Waals surface area contributed by atoms with Crippen molar-refractivity contribution in [2.24, 2.45) is 16.7 Å². The molecule has 2 aliphatic carbocycles. The summed E-state index contributed by atoms with van der Waals surface area (Å²) >= 11 is 0. The second-order valence-electron chi connectivity index (χ2n) is 5.89. The molecule has 92 valence electrons. The van der Waals surface area contributed by atoms with Gasteiger partial charge in [-0.3, -0.25) is 4.18 Å². The Morgan fingerprint density at radius 1 is 1.50 bits per heavy atom. The van der Waals surface area contributed by atoms with E-state index in [4.69, 9.17) is 4.18 Å². The molecule has 2 aliphatic rings. The first-order valence-corrected chi connectivity index (χ1v) is 7.53. The van der Waals surface area contributed by atoms with E-state index in [-0.39, 0.29) is 17.4 Å². The summed E-state index contributed by atoms with van der Waals surface area (Å²) in [4.78, 5) is 0. The second-order valence-corrected chi connectivity index (χ2v) is 7.53. The Bertz CT molecular complexity index is 422. The normalized spacial score (nSPS) is 36.9. The molecule has 16 heavy (non-hydrogen) atoms. The molecule has 0 aliphatic heterocycles. The zero-order chi connectivity index (χ0) is 12.2. The van der Waals surface area contributed by atoms with Crippen LogP contribution in [0.5, 0.6) is 0 Å². The van der Waals surface area contributed by atoms with Crippen LogP contribution in [0, 0.1) is 16.7 Å². The smallest absolute Gasteiger partial charge is 0.264 e. The van der Waals surface area contributed by atoms with Crippen LogP contribution < -0.4 is 0 Å². The molecule has 2 saturated carbocycles. The van der Waals surface area contributed by atoms with Crippen molar-refractivity contribution in [3.05, 3.63) is 12.2 Å². The third-order valence-corrected chi connectivity index (χ3v) is 5.14. The quantitative estimate of drug-likeness (QED) is 0.565. The molecule has 2 bridgehead atoms. The predicted molar refractivity (Wildman–Crippen MR) is 63.5 cm³/mol. The van der Waals surface area contributed by atoms with E-state index in [1.807, 2.05) is 0 Å². The average molecular weight is 244 g/mol. The van der Waals surface area contributed by atoms with Crippen molar-refractivity contribution < 1.29 is 12.6 Å². The monoisotopic (exact) mass is 244 g/mol. The minimum absolute atomic E-state index is 0.0861. The van der Waals surface area contributed by atoms with E-state index >= 15 is 0 Å². The van der Waals surface area contributed by atoms with Crippen LogP contribution in [0.4, 0.5) is 0 Å². The fourth-order valence-corrected chi connectivity index (χ4v) is 3.82. The molecular formula is C12H20O3S. The van der Waals surface area contributed by atoms with Gasteiger partial charge >= 0.3 is 0 Å². The van der Waals surface area contributed by atoms with Gasteiger partial charge in [0, 0.05) is 5.41 Å². The van der Waals surface area contributed by atoms with E-state index in [2.05, 4.69) is 20.4 Å². The fraction of sp³-hybridized carbons (Fsp3) is 0.833. The number of rotatable bonds is 3. The summed E-state index contributed by atoms with van der Waals surface area (Å²) in [7, 11) is -3.34. The highest BCUT2D eigenvalue weighted by Gasteiger charge is 2.57. The van der Waals surface area contributed by atoms with Gasteiger partial charge in [0.2, 0.25) is 0 Å². The van der Waals surface area contributed by atoms with Crippen molar-refractivity contribution in [3.63, 3.8) is 0 Å². The van der Waals surface area contributed by atoms with Gasteiger partial charge in [-0.1, -0.05) is 26.0 Å². The molecule has 0 heterocycles. The van der Waals surface area contributed by atoms with Crippen LogP contribution in [0.15, 0.2) is 12.2 Å². The van der Waals surface area contributed by atoms with Gasteiger partial charge in [-0.2, -0.15) is 8.42 Å². The first-order valence-electron chi connectivity index (χ1n) is 5.72. The standard InChI is InChI=1S/C12H20O3S/c1-9-11(2,3)10-5-6-12(9,7-10)8-15-16(4,13)14/h10H,1,5-8H2,2-4H3/t10-,12+/m1/s1. The van der Waals surface area contributed by atoms with Crippen LogP contribution in [0.2, 0.25) is 0 Å². The molecule has 0 spiro atoms. The maximum absolute atomic E-state index is 11.1. The summed E-state index contributed by atoms with van der Waals surface area (Å²) in [5.41, 5.74) is 1.23. The maximum atomic E-state index is 11.1. The Kier molecular flexibility index (Phi) is 2.52. The van der Waals surface area contributed by atoms with Gasteiger partial charge in [-0.25, -0.2) is 0 Å². The van der Waals surface area contributed by atoms with Gasteiger partial charge in [0.1, 0.15) is 0 Å². The third kappa shape index (κ3) is 1.72. The van der Waals surface area contributed by atoms with E-state index < -0.39 is 10.1 Å². The van der Waals surface area contributed by atoms with Crippen molar-refractivity contribution in [2.45, 2.75) is 33.1 Å². The first kappa shape index (κ1) is 12.1. The van der Waals surface area contributed by atoms with Crippen LogP contribution in [0.1, 0.15) is 33.1 Å². The number of fused-ring (bicyclic) bond motifs is 2. The lowest BCUT2D eigenvalue weighted by Gasteiger charge is -2.37. The van der Waals surface area contributed by atoms with Gasteiger partial charge in [0.25, 0.3) is 10.1 Å². The predicted octanol–water partition coefficient (Wildman–Crippen LogP) is 2.35. The zero-order valence-corrected chi connectivity index (χ0v) is 11.1. The van der Waals surface area contributed by atoms with Gasteiger partial charge in [0.15, 0.2) is 0 Å². The minimum Gasteiger partial charge on any atom is -0.269 e. The molecule has 2 fully saturated rings. The highest BCUT2D eigenvalue weighted by Crippen LogP contribution is 2.65. The van der Waals surface area contributed by atoms with E-state index in [1.165, 1.54) is 12.0 Å². The van der Waals surface area contributed by atoms with Crippen LogP contribution in [-0.4, -0.2) is 21.3 Å². The second kappa shape index (κ2) is 3.33. The SMILES string of the molecule is C=C1C(C)(C)[C@@H]2CC[C@@]1(COS(C)(=O)=O)C2. The molecule has 0 saturated heterocycles. The Hall–Kier alpha value is -0.350. The summed E-state index contributed by atoms with van der Waals surface area (Å²) in [6, 6.07) is 0. The van der Waals surface area contributed by atoms with E-state index in [0.29, 0.717) is 5.92 Å². The molecule has 4 heteroatoms. The number of hydrogen-bond donors (Lipinski definition) is 0. The molecule has 0 aromatic heterocycles. The summed E-state index contributed by atoms with van der Waals surface area (Å²) in [5, 5.41) is 0. The summed E-state index contributed by atoms with van der Waals surface area (Å²) in [5.74, 6) is 0.642.